The molecule has 0 unspecified atom stereocenters. The van der Waals surface area contributed by atoms with Crippen molar-refractivity contribution in [3.8, 4) is 0 Å². The maximum Gasteiger partial charge on any atom is 0.0705 e. The Balaban J connectivity index is 0.000000166. The predicted octanol–water partition coefficient (Wildman–Crippen LogP) is 26.8. The lowest BCUT2D eigenvalue weighted by Gasteiger charge is -2.08. The number of pyridine rings is 9. The van der Waals surface area contributed by atoms with Crippen molar-refractivity contribution in [2.24, 2.45) is 0 Å². The Kier molecular flexibility index (Phi) is 33.2. The Labute approximate surface area is 627 Å². The van der Waals surface area contributed by atoms with E-state index in [1.54, 1.807) is 6.20 Å². The molecule has 9 aromatic heterocycles. The van der Waals surface area contributed by atoms with Crippen LogP contribution in [0.1, 0.15) is 228 Å². The van der Waals surface area contributed by atoms with E-state index in [0.717, 1.165) is 22.2 Å². The second-order valence-corrected chi connectivity index (χ2v) is 28.8. The first-order chi connectivity index (χ1) is 50.6. The highest BCUT2D eigenvalue weighted by Gasteiger charge is 2.09. The first kappa shape index (κ1) is 81.5. The molecule has 6 aromatic carbocycles. The number of hydrogen-bond acceptors (Lipinski definition) is 9. The lowest BCUT2D eigenvalue weighted by molar-refractivity contribution is 0.823. The maximum atomic E-state index is 4.57. The van der Waals surface area contributed by atoms with E-state index in [-0.39, 0.29) is 0 Å². The molecule has 0 fully saturated rings. The second kappa shape index (κ2) is 42.7. The van der Waals surface area contributed by atoms with Gasteiger partial charge in [0.25, 0.3) is 0 Å². The smallest absolute Gasteiger partial charge is 0.0705 e. The first-order valence-electron chi connectivity index (χ1n) is 37.4. The number of rotatable bonds is 9. The second-order valence-electron chi connectivity index (χ2n) is 28.8. The molecule has 0 aliphatic heterocycles. The lowest BCUT2D eigenvalue weighted by Crippen LogP contribution is -1.92. The van der Waals surface area contributed by atoms with Gasteiger partial charge < -0.3 is 0 Å². The Morgan fingerprint density at radius 3 is 1.33 bits per heavy atom. The Morgan fingerprint density at radius 2 is 0.762 bits per heavy atom. The summed E-state index contributed by atoms with van der Waals surface area (Å²) in [5, 5.41) is 11.3. The zero-order chi connectivity index (χ0) is 75.6. The van der Waals surface area contributed by atoms with Crippen molar-refractivity contribution in [2.75, 3.05) is 0 Å². The van der Waals surface area contributed by atoms with Gasteiger partial charge in [0.05, 0.1) is 22.2 Å². The number of fused-ring (bicyclic) bond motifs is 6. The average molecular weight is 1390 g/mol. The van der Waals surface area contributed by atoms with Gasteiger partial charge in [-0.25, -0.2) is 0 Å². The molecule has 0 amide bonds. The molecular weight excluding hydrogens is 1280 g/mol. The molecule has 0 aliphatic carbocycles. The van der Waals surface area contributed by atoms with E-state index in [2.05, 4.69) is 309 Å². The number of hydrogen-bond donors (Lipinski definition) is 0. The number of para-hydroxylation sites is 3. The lowest BCUT2D eigenvalue weighted by atomic mass is 9.99. The third kappa shape index (κ3) is 26.2. The van der Waals surface area contributed by atoms with Gasteiger partial charge in [0.1, 0.15) is 0 Å². The summed E-state index contributed by atoms with van der Waals surface area (Å²) in [6, 6.07) is 76.8. The highest BCUT2D eigenvalue weighted by atomic mass is 14.7. The Morgan fingerprint density at radius 1 is 0.210 bits per heavy atom. The molecule has 0 saturated heterocycles. The van der Waals surface area contributed by atoms with Crippen molar-refractivity contribution in [1.29, 1.82) is 0 Å². The normalized spacial score (nSPS) is 10.8. The maximum absolute atomic E-state index is 4.57. The van der Waals surface area contributed by atoms with Gasteiger partial charge in [-0.3, -0.25) is 44.9 Å². The van der Waals surface area contributed by atoms with Gasteiger partial charge in [0.2, 0.25) is 0 Å². The molecule has 9 nitrogen and oxygen atoms in total. The topological polar surface area (TPSA) is 116 Å². The molecule has 9 heteroatoms. The van der Waals surface area contributed by atoms with E-state index in [1.807, 2.05) is 147 Å². The third-order valence-electron chi connectivity index (χ3n) is 17.6. The van der Waals surface area contributed by atoms with Crippen LogP contribution in [0.5, 0.6) is 0 Å². The van der Waals surface area contributed by atoms with Crippen molar-refractivity contribution in [3.63, 3.8) is 0 Å². The first-order valence-corrected chi connectivity index (χ1v) is 37.4. The van der Waals surface area contributed by atoms with Crippen LogP contribution in [0, 0.1) is 0 Å². The summed E-state index contributed by atoms with van der Waals surface area (Å²) in [6.45, 7) is 39.2. The van der Waals surface area contributed by atoms with Crippen LogP contribution in [0.3, 0.4) is 0 Å². The molecule has 540 valence electrons. The molecule has 0 aliphatic rings. The fraction of sp³-hybridized carbons (Fsp3) is 0.281. The quantitative estimate of drug-likeness (QED) is 0.139. The molecule has 0 saturated carbocycles. The number of benzene rings is 6. The van der Waals surface area contributed by atoms with E-state index in [1.165, 1.54) is 93.4 Å². The molecule has 0 atom stereocenters. The third-order valence-corrected chi connectivity index (χ3v) is 17.6. The van der Waals surface area contributed by atoms with Gasteiger partial charge in [-0.15, -0.1) is 0 Å². The predicted molar refractivity (Wildman–Crippen MR) is 450 cm³/mol. The van der Waals surface area contributed by atoms with E-state index in [9.17, 15) is 0 Å². The van der Waals surface area contributed by atoms with Gasteiger partial charge in [-0.05, 0) is 176 Å². The summed E-state index contributed by atoms with van der Waals surface area (Å²) in [6.07, 6.45) is 20.8. The van der Waals surface area contributed by atoms with Gasteiger partial charge in [0, 0.05) is 118 Å². The molecule has 105 heavy (non-hydrogen) atoms. The molecule has 9 heterocycles. The summed E-state index contributed by atoms with van der Waals surface area (Å²) in [5.41, 5.74) is 14.6. The number of nitrogens with zero attached hydrogens (tertiary/aromatic N) is 9. The molecular formula is C96H111N9. The van der Waals surface area contributed by atoms with E-state index < -0.39 is 0 Å². The minimum absolute atomic E-state index is 0.492. The monoisotopic (exact) mass is 1390 g/mol. The van der Waals surface area contributed by atoms with Crippen LogP contribution in [0.2, 0.25) is 0 Å². The van der Waals surface area contributed by atoms with E-state index >= 15 is 0 Å². The molecule has 15 aromatic rings. The van der Waals surface area contributed by atoms with Crippen LogP contribution in [-0.2, 0) is 0 Å². The van der Waals surface area contributed by atoms with E-state index in [4.69, 9.17) is 0 Å². The fourth-order valence-corrected chi connectivity index (χ4v) is 11.2. The molecule has 0 radical (unpaired) electrons. The zero-order valence-corrected chi connectivity index (χ0v) is 65.4. The molecule has 0 bridgehead atoms. The largest absolute Gasteiger partial charge is 0.265 e. The Hall–Kier alpha value is -10.8. The summed E-state index contributed by atoms with van der Waals surface area (Å²) in [7, 11) is 0. The standard InChI is InChI=1S/6C12H13N.3C8H11N/c1-9(2)11-7-10-5-3-4-6-12(10)13-8-11;1-9(2)12-8-13-7-10-5-3-4-6-11(10)12;1-9(2)12-7-10-5-3-4-6-11(10)8-13-12;1-9(2)10-7-8-13-12-6-4-3-5-11(10)12;1-9(2)11-8-7-10-5-3-4-6-12(10)13-11;1-9(2)12-11-6-4-3-5-10(11)7-8-13-12;1-7(2)8-3-5-9-6-4-8;1-7(2)8-4-3-5-9-6-8;1-7(2)8-5-3-4-6-9-8/h6*3-9H,1-2H3;3*3-7H,1-2H3. The Bertz CT molecular complexity index is 4440. The van der Waals surface area contributed by atoms with Crippen LogP contribution < -0.4 is 0 Å². The van der Waals surface area contributed by atoms with Gasteiger partial charge >= 0.3 is 0 Å². The van der Waals surface area contributed by atoms with Crippen molar-refractivity contribution in [2.45, 2.75) is 178 Å². The minimum atomic E-state index is 0.492. The van der Waals surface area contributed by atoms with Crippen molar-refractivity contribution in [1.82, 2.24) is 44.9 Å². The van der Waals surface area contributed by atoms with Crippen molar-refractivity contribution >= 4 is 65.0 Å². The minimum Gasteiger partial charge on any atom is -0.265 e. The van der Waals surface area contributed by atoms with Gasteiger partial charge in [-0.1, -0.05) is 270 Å². The fourth-order valence-electron chi connectivity index (χ4n) is 11.2. The van der Waals surface area contributed by atoms with Crippen molar-refractivity contribution < 1.29 is 0 Å². The number of aromatic nitrogens is 9. The van der Waals surface area contributed by atoms with Gasteiger partial charge in [0.15, 0.2) is 0 Å². The SMILES string of the molecule is CC(C)c1cc2ccccc2cn1.CC(C)c1ccc2ccccc2n1.CC(C)c1ccccn1.CC(C)c1cccnc1.CC(C)c1ccnc2ccccc12.CC(C)c1ccncc1.CC(C)c1cnc2ccccc2c1.CC(C)c1cncc2ccccc12.CC(C)c1nccc2ccccc12. The summed E-state index contributed by atoms with van der Waals surface area (Å²) in [4.78, 5) is 38.5. The summed E-state index contributed by atoms with van der Waals surface area (Å²) >= 11 is 0. The average Bonchev–Trinajstić information content (AvgIpc) is 0.841. The zero-order valence-electron chi connectivity index (χ0n) is 65.4. The van der Waals surface area contributed by atoms with Crippen LogP contribution in [0.4, 0.5) is 0 Å². The highest BCUT2D eigenvalue weighted by Crippen LogP contribution is 2.27. The summed E-state index contributed by atoms with van der Waals surface area (Å²) in [5.74, 6) is 4.92. The molecule has 0 spiro atoms. The van der Waals surface area contributed by atoms with Crippen LogP contribution >= 0.6 is 0 Å². The van der Waals surface area contributed by atoms with Crippen LogP contribution in [0.15, 0.2) is 293 Å². The molecule has 0 N–H and O–H groups in total. The summed E-state index contributed by atoms with van der Waals surface area (Å²) < 4.78 is 0. The van der Waals surface area contributed by atoms with Crippen molar-refractivity contribution in [3.05, 3.63) is 343 Å². The highest BCUT2D eigenvalue weighted by molar-refractivity contribution is 5.86. The van der Waals surface area contributed by atoms with Crippen LogP contribution in [0.25, 0.3) is 65.0 Å². The molecule has 15 rings (SSSR count). The van der Waals surface area contributed by atoms with Gasteiger partial charge in [-0.2, -0.15) is 0 Å². The van der Waals surface area contributed by atoms with Crippen LogP contribution in [-0.4, -0.2) is 44.9 Å². The van der Waals surface area contributed by atoms with E-state index in [0.29, 0.717) is 53.3 Å².